The molecule has 1 atom stereocenters. The number of ether oxygens (including phenoxy) is 2. The second-order valence-corrected chi connectivity index (χ2v) is 4.94. The van der Waals surface area contributed by atoms with Crippen LogP contribution in [0, 0.1) is 0 Å². The molecule has 0 bridgehead atoms. The number of fused-ring (bicyclic) bond motifs is 1. The van der Waals surface area contributed by atoms with Crippen molar-refractivity contribution >= 4 is 17.3 Å². The van der Waals surface area contributed by atoms with Crippen LogP contribution in [-0.4, -0.2) is 16.9 Å². The summed E-state index contributed by atoms with van der Waals surface area (Å²) in [6.45, 7) is 0.143. The Morgan fingerprint density at radius 3 is 3.05 bits per heavy atom. The number of hydrogen-bond acceptors (Lipinski definition) is 5. The van der Waals surface area contributed by atoms with E-state index in [1.807, 2.05) is 0 Å². The van der Waals surface area contributed by atoms with Crippen molar-refractivity contribution in [2.24, 2.45) is 0 Å². The molecule has 0 spiro atoms. The molecule has 1 aromatic heterocycles. The van der Waals surface area contributed by atoms with Crippen LogP contribution >= 0.6 is 11.6 Å². The van der Waals surface area contributed by atoms with Gasteiger partial charge in [0.15, 0.2) is 11.5 Å². The van der Waals surface area contributed by atoms with Gasteiger partial charge < -0.3 is 20.3 Å². The second-order valence-electron chi connectivity index (χ2n) is 4.53. The summed E-state index contributed by atoms with van der Waals surface area (Å²) in [7, 11) is 0. The molecule has 1 aliphatic heterocycles. The van der Waals surface area contributed by atoms with Crippen molar-refractivity contribution in [3.63, 3.8) is 0 Å². The third-order valence-corrected chi connectivity index (χ3v) is 3.47. The van der Waals surface area contributed by atoms with Crippen molar-refractivity contribution < 1.29 is 14.6 Å². The van der Waals surface area contributed by atoms with Crippen LogP contribution in [0.4, 0.5) is 5.69 Å². The molecule has 3 N–H and O–H groups in total. The van der Waals surface area contributed by atoms with Crippen molar-refractivity contribution in [3.05, 3.63) is 46.7 Å². The van der Waals surface area contributed by atoms with Crippen LogP contribution in [0.25, 0.3) is 0 Å². The third-order valence-electron chi connectivity index (χ3n) is 3.19. The highest BCUT2D eigenvalue weighted by molar-refractivity contribution is 6.32. The van der Waals surface area contributed by atoms with Gasteiger partial charge in [0.05, 0.1) is 11.1 Å². The van der Waals surface area contributed by atoms with Crippen LogP contribution in [0.15, 0.2) is 30.6 Å². The van der Waals surface area contributed by atoms with Gasteiger partial charge in [0.1, 0.15) is 0 Å². The van der Waals surface area contributed by atoms with Gasteiger partial charge >= 0.3 is 0 Å². The Bertz CT molecular complexity index is 648. The van der Waals surface area contributed by atoms with Crippen LogP contribution < -0.4 is 15.2 Å². The van der Waals surface area contributed by atoms with Crippen molar-refractivity contribution in [3.8, 4) is 11.5 Å². The minimum Gasteiger partial charge on any atom is -0.454 e. The maximum absolute atomic E-state index is 10.3. The predicted octanol–water partition coefficient (Wildman–Crippen LogP) is 2.32. The molecular formula is C14H13ClN2O3. The zero-order chi connectivity index (χ0) is 14.1. The van der Waals surface area contributed by atoms with Crippen molar-refractivity contribution in [2.45, 2.75) is 12.5 Å². The SMILES string of the molecule is Nc1ccncc1CC(O)c1cc(Cl)c2c(c1)OCO2. The lowest BCUT2D eigenvalue weighted by molar-refractivity contribution is 0.171. The van der Waals surface area contributed by atoms with Gasteiger partial charge in [0.2, 0.25) is 6.79 Å². The Morgan fingerprint density at radius 2 is 2.25 bits per heavy atom. The summed E-state index contributed by atoms with van der Waals surface area (Å²) >= 11 is 6.10. The third kappa shape index (κ3) is 2.37. The van der Waals surface area contributed by atoms with E-state index in [0.29, 0.717) is 34.2 Å². The van der Waals surface area contributed by atoms with Crippen molar-refractivity contribution in [2.75, 3.05) is 12.5 Å². The fourth-order valence-corrected chi connectivity index (χ4v) is 2.39. The highest BCUT2D eigenvalue weighted by Crippen LogP contribution is 2.41. The van der Waals surface area contributed by atoms with E-state index in [1.165, 1.54) is 0 Å². The predicted molar refractivity (Wildman–Crippen MR) is 74.9 cm³/mol. The summed E-state index contributed by atoms with van der Waals surface area (Å²) < 4.78 is 10.5. The van der Waals surface area contributed by atoms with E-state index in [1.54, 1.807) is 30.6 Å². The summed E-state index contributed by atoms with van der Waals surface area (Å²) in [5.74, 6) is 1.06. The Morgan fingerprint density at radius 1 is 1.40 bits per heavy atom. The molecule has 2 aromatic rings. The zero-order valence-corrected chi connectivity index (χ0v) is 11.3. The van der Waals surface area contributed by atoms with E-state index in [9.17, 15) is 5.11 Å². The van der Waals surface area contributed by atoms with Gasteiger partial charge in [-0.15, -0.1) is 0 Å². The molecule has 20 heavy (non-hydrogen) atoms. The number of nitrogens with zero attached hydrogens (tertiary/aromatic N) is 1. The van der Waals surface area contributed by atoms with E-state index in [4.69, 9.17) is 26.8 Å². The maximum atomic E-state index is 10.3. The standard InChI is InChI=1S/C14H13ClN2O3/c15-10-3-8(5-13-14(10)20-7-19-13)12(18)4-9-6-17-2-1-11(9)16/h1-3,5-6,12,18H,4,7H2,(H2,16,17). The van der Waals surface area contributed by atoms with Crippen LogP contribution in [0.2, 0.25) is 5.02 Å². The minimum absolute atomic E-state index is 0.143. The summed E-state index contributed by atoms with van der Waals surface area (Å²) in [4.78, 5) is 4.01. The molecule has 6 heteroatoms. The van der Waals surface area contributed by atoms with Gasteiger partial charge in [0, 0.05) is 24.5 Å². The first-order valence-electron chi connectivity index (χ1n) is 6.10. The topological polar surface area (TPSA) is 77.6 Å². The fraction of sp³-hybridized carbons (Fsp3) is 0.214. The van der Waals surface area contributed by atoms with Gasteiger partial charge in [-0.25, -0.2) is 0 Å². The molecular weight excluding hydrogens is 280 g/mol. The van der Waals surface area contributed by atoms with Crippen molar-refractivity contribution in [1.29, 1.82) is 0 Å². The number of pyridine rings is 1. The van der Waals surface area contributed by atoms with Gasteiger partial charge in [-0.2, -0.15) is 0 Å². The fourth-order valence-electron chi connectivity index (χ4n) is 2.11. The van der Waals surface area contributed by atoms with Crippen LogP contribution in [0.1, 0.15) is 17.2 Å². The minimum atomic E-state index is -0.742. The Kier molecular flexibility index (Phi) is 3.38. The number of nitrogens with two attached hydrogens (primary N) is 1. The van der Waals surface area contributed by atoms with Crippen molar-refractivity contribution in [1.82, 2.24) is 4.98 Å². The molecule has 0 radical (unpaired) electrons. The van der Waals surface area contributed by atoms with Gasteiger partial charge in [-0.1, -0.05) is 11.6 Å². The maximum Gasteiger partial charge on any atom is 0.231 e. The molecule has 0 saturated carbocycles. The average Bonchev–Trinajstić information content (AvgIpc) is 2.90. The summed E-state index contributed by atoms with van der Waals surface area (Å²) in [6, 6.07) is 5.10. The van der Waals surface area contributed by atoms with Crippen LogP contribution in [-0.2, 0) is 6.42 Å². The van der Waals surface area contributed by atoms with E-state index in [2.05, 4.69) is 4.98 Å². The lowest BCUT2D eigenvalue weighted by Crippen LogP contribution is -2.05. The zero-order valence-electron chi connectivity index (χ0n) is 10.5. The first-order valence-corrected chi connectivity index (χ1v) is 6.48. The molecule has 104 valence electrons. The first-order chi connectivity index (χ1) is 9.65. The molecule has 1 aliphatic rings. The number of halogens is 1. The molecule has 5 nitrogen and oxygen atoms in total. The van der Waals surface area contributed by atoms with E-state index < -0.39 is 6.10 Å². The number of anilines is 1. The number of rotatable bonds is 3. The number of nitrogen functional groups attached to an aromatic ring is 1. The first kappa shape index (κ1) is 13.0. The molecule has 0 fully saturated rings. The smallest absolute Gasteiger partial charge is 0.231 e. The normalized spacial score (nSPS) is 14.3. The lowest BCUT2D eigenvalue weighted by Gasteiger charge is -2.13. The Hall–Kier alpha value is -1.98. The second kappa shape index (κ2) is 5.19. The molecule has 2 heterocycles. The number of benzene rings is 1. The lowest BCUT2D eigenvalue weighted by atomic mass is 10.0. The van der Waals surface area contributed by atoms with Crippen LogP contribution in [0.3, 0.4) is 0 Å². The largest absolute Gasteiger partial charge is 0.454 e. The van der Waals surface area contributed by atoms with E-state index >= 15 is 0 Å². The highest BCUT2D eigenvalue weighted by atomic mass is 35.5. The Labute approximate surface area is 120 Å². The highest BCUT2D eigenvalue weighted by Gasteiger charge is 2.21. The van der Waals surface area contributed by atoms with Gasteiger partial charge in [-0.3, -0.25) is 4.98 Å². The summed E-state index contributed by atoms with van der Waals surface area (Å²) in [5, 5.41) is 10.7. The number of aliphatic hydroxyl groups excluding tert-OH is 1. The van der Waals surface area contributed by atoms with Crippen LogP contribution in [0.5, 0.6) is 11.5 Å². The number of aliphatic hydroxyl groups is 1. The molecule has 3 rings (SSSR count). The average molecular weight is 293 g/mol. The van der Waals surface area contributed by atoms with Gasteiger partial charge in [-0.05, 0) is 29.3 Å². The van der Waals surface area contributed by atoms with E-state index in [0.717, 1.165) is 5.56 Å². The molecule has 1 unspecified atom stereocenters. The molecule has 0 aliphatic carbocycles. The van der Waals surface area contributed by atoms with Gasteiger partial charge in [0.25, 0.3) is 0 Å². The summed E-state index contributed by atoms with van der Waals surface area (Å²) in [5.41, 5.74) is 7.89. The Balaban J connectivity index is 1.86. The quantitative estimate of drug-likeness (QED) is 0.908. The van der Waals surface area contributed by atoms with E-state index in [-0.39, 0.29) is 6.79 Å². The molecule has 0 saturated heterocycles. The molecule has 0 amide bonds. The molecule has 1 aromatic carbocycles. The summed E-state index contributed by atoms with van der Waals surface area (Å²) in [6.07, 6.45) is 2.87. The number of hydrogen-bond donors (Lipinski definition) is 2. The monoisotopic (exact) mass is 292 g/mol. The number of aromatic nitrogens is 1.